The van der Waals surface area contributed by atoms with Crippen LogP contribution in [0.5, 0.6) is 0 Å². The van der Waals surface area contributed by atoms with E-state index < -0.39 is 0 Å². The summed E-state index contributed by atoms with van der Waals surface area (Å²) in [7, 11) is 0. The molecule has 0 saturated carbocycles. The SMILES string of the molecule is CC1CN(c2c(F)cccc2CCl)CCS1. The lowest BCUT2D eigenvalue weighted by molar-refractivity contribution is 0.614. The monoisotopic (exact) mass is 259 g/mol. The first-order valence-electron chi connectivity index (χ1n) is 5.42. The van der Waals surface area contributed by atoms with Crippen molar-refractivity contribution in [2.24, 2.45) is 0 Å². The van der Waals surface area contributed by atoms with Gasteiger partial charge in [0.1, 0.15) is 5.82 Å². The smallest absolute Gasteiger partial charge is 0.146 e. The standard InChI is InChI=1S/C12H15ClFNS/c1-9-8-15(5-6-16-9)12-10(7-13)3-2-4-11(12)14/h2-4,9H,5-8H2,1H3. The largest absolute Gasteiger partial charge is 0.367 e. The highest BCUT2D eigenvalue weighted by molar-refractivity contribution is 8.00. The molecule has 0 aromatic heterocycles. The molecule has 2 rings (SSSR count). The topological polar surface area (TPSA) is 3.24 Å². The molecular formula is C12H15ClFNS. The molecule has 1 nitrogen and oxygen atoms in total. The van der Waals surface area contributed by atoms with E-state index in [-0.39, 0.29) is 5.82 Å². The Morgan fingerprint density at radius 1 is 1.56 bits per heavy atom. The van der Waals surface area contributed by atoms with Crippen LogP contribution in [-0.2, 0) is 5.88 Å². The van der Waals surface area contributed by atoms with Crippen LogP contribution in [0.15, 0.2) is 18.2 Å². The van der Waals surface area contributed by atoms with Crippen molar-refractivity contribution in [1.82, 2.24) is 0 Å². The van der Waals surface area contributed by atoms with Gasteiger partial charge in [0.05, 0.1) is 5.69 Å². The van der Waals surface area contributed by atoms with E-state index in [9.17, 15) is 4.39 Å². The third-order valence-electron chi connectivity index (χ3n) is 2.77. The fourth-order valence-electron chi connectivity index (χ4n) is 2.04. The van der Waals surface area contributed by atoms with Crippen molar-refractivity contribution in [2.45, 2.75) is 18.1 Å². The van der Waals surface area contributed by atoms with Crippen LogP contribution in [0.25, 0.3) is 0 Å². The van der Waals surface area contributed by atoms with Crippen molar-refractivity contribution in [3.8, 4) is 0 Å². The summed E-state index contributed by atoms with van der Waals surface area (Å²) in [5.41, 5.74) is 1.59. The van der Waals surface area contributed by atoms with Crippen LogP contribution in [0.1, 0.15) is 12.5 Å². The molecule has 88 valence electrons. The molecule has 1 atom stereocenters. The molecule has 1 heterocycles. The summed E-state index contributed by atoms with van der Waals surface area (Å²) >= 11 is 7.80. The molecule has 1 unspecified atom stereocenters. The molecular weight excluding hydrogens is 245 g/mol. The predicted molar refractivity (Wildman–Crippen MR) is 70.1 cm³/mol. The number of rotatable bonds is 2. The molecule has 1 fully saturated rings. The molecule has 16 heavy (non-hydrogen) atoms. The Hall–Kier alpha value is -0.410. The Balaban J connectivity index is 2.30. The predicted octanol–water partition coefficient (Wildman–Crippen LogP) is 3.51. The molecule has 4 heteroatoms. The highest BCUT2D eigenvalue weighted by Crippen LogP contribution is 2.30. The fourth-order valence-corrected chi connectivity index (χ4v) is 3.27. The van der Waals surface area contributed by atoms with Crippen LogP contribution in [0.2, 0.25) is 0 Å². The molecule has 0 amide bonds. The van der Waals surface area contributed by atoms with Gasteiger partial charge in [-0.2, -0.15) is 11.8 Å². The lowest BCUT2D eigenvalue weighted by Crippen LogP contribution is -2.37. The highest BCUT2D eigenvalue weighted by atomic mass is 35.5. The van der Waals surface area contributed by atoms with Gasteiger partial charge in [0.25, 0.3) is 0 Å². The number of benzene rings is 1. The Morgan fingerprint density at radius 2 is 2.38 bits per heavy atom. The lowest BCUT2D eigenvalue weighted by atomic mass is 10.1. The summed E-state index contributed by atoms with van der Waals surface area (Å²) < 4.78 is 13.8. The molecule has 1 aliphatic heterocycles. The number of halogens is 2. The van der Waals surface area contributed by atoms with Crippen molar-refractivity contribution < 1.29 is 4.39 Å². The Kier molecular flexibility index (Phi) is 3.98. The van der Waals surface area contributed by atoms with Crippen molar-refractivity contribution >= 4 is 29.1 Å². The number of para-hydroxylation sites is 1. The first-order chi connectivity index (χ1) is 7.72. The van der Waals surface area contributed by atoms with Crippen LogP contribution in [0.3, 0.4) is 0 Å². The van der Waals surface area contributed by atoms with E-state index >= 15 is 0 Å². The van der Waals surface area contributed by atoms with Crippen LogP contribution < -0.4 is 4.90 Å². The molecule has 1 aromatic rings. The molecule has 0 spiro atoms. The summed E-state index contributed by atoms with van der Waals surface area (Å²) in [6, 6.07) is 5.13. The summed E-state index contributed by atoms with van der Waals surface area (Å²) in [4.78, 5) is 2.12. The van der Waals surface area contributed by atoms with Gasteiger partial charge in [-0.3, -0.25) is 0 Å². The van der Waals surface area contributed by atoms with Crippen LogP contribution >= 0.6 is 23.4 Å². The maximum atomic E-state index is 13.8. The number of hydrogen-bond donors (Lipinski definition) is 0. The fraction of sp³-hybridized carbons (Fsp3) is 0.500. The van der Waals surface area contributed by atoms with E-state index in [2.05, 4.69) is 11.8 Å². The van der Waals surface area contributed by atoms with E-state index in [1.54, 1.807) is 6.07 Å². The summed E-state index contributed by atoms with van der Waals surface area (Å²) in [5, 5.41) is 0.552. The van der Waals surface area contributed by atoms with Gasteiger partial charge in [-0.1, -0.05) is 19.1 Å². The number of thioether (sulfide) groups is 1. The van der Waals surface area contributed by atoms with Gasteiger partial charge in [0.2, 0.25) is 0 Å². The maximum Gasteiger partial charge on any atom is 0.146 e. The second kappa shape index (κ2) is 5.28. The van der Waals surface area contributed by atoms with E-state index in [1.165, 1.54) is 6.07 Å². The Morgan fingerprint density at radius 3 is 3.06 bits per heavy atom. The average Bonchev–Trinajstić information content (AvgIpc) is 2.28. The first kappa shape index (κ1) is 12.1. The van der Waals surface area contributed by atoms with Crippen molar-refractivity contribution in [3.63, 3.8) is 0 Å². The maximum absolute atomic E-state index is 13.8. The van der Waals surface area contributed by atoms with Gasteiger partial charge in [0, 0.05) is 30.0 Å². The molecule has 0 bridgehead atoms. The minimum absolute atomic E-state index is 0.155. The van der Waals surface area contributed by atoms with Gasteiger partial charge in [-0.15, -0.1) is 11.6 Å². The number of alkyl halides is 1. The second-order valence-corrected chi connectivity index (χ2v) is 5.82. The number of nitrogens with zero attached hydrogens (tertiary/aromatic N) is 1. The first-order valence-corrected chi connectivity index (χ1v) is 7.00. The lowest BCUT2D eigenvalue weighted by Gasteiger charge is -2.33. The van der Waals surface area contributed by atoms with Crippen molar-refractivity contribution in [3.05, 3.63) is 29.6 Å². The molecule has 0 aliphatic carbocycles. The molecule has 0 radical (unpaired) electrons. The third kappa shape index (κ3) is 2.46. The minimum atomic E-state index is -0.155. The van der Waals surface area contributed by atoms with E-state index in [1.807, 2.05) is 17.8 Å². The Labute approximate surface area is 105 Å². The van der Waals surface area contributed by atoms with E-state index in [4.69, 9.17) is 11.6 Å². The van der Waals surface area contributed by atoms with Gasteiger partial charge in [-0.05, 0) is 11.6 Å². The second-order valence-electron chi connectivity index (χ2n) is 4.01. The quantitative estimate of drug-likeness (QED) is 0.748. The van der Waals surface area contributed by atoms with E-state index in [0.29, 0.717) is 16.8 Å². The van der Waals surface area contributed by atoms with Gasteiger partial charge in [-0.25, -0.2) is 4.39 Å². The third-order valence-corrected chi connectivity index (χ3v) is 4.20. The average molecular weight is 260 g/mol. The van der Waals surface area contributed by atoms with Gasteiger partial charge in [0.15, 0.2) is 0 Å². The summed E-state index contributed by atoms with van der Waals surface area (Å²) in [5.74, 6) is 1.26. The molecule has 0 N–H and O–H groups in total. The zero-order valence-electron chi connectivity index (χ0n) is 9.25. The normalized spacial score (nSPS) is 21.2. The number of anilines is 1. The van der Waals surface area contributed by atoms with Crippen LogP contribution in [0, 0.1) is 5.82 Å². The van der Waals surface area contributed by atoms with Gasteiger partial charge >= 0.3 is 0 Å². The zero-order valence-corrected chi connectivity index (χ0v) is 10.8. The number of hydrogen-bond acceptors (Lipinski definition) is 2. The van der Waals surface area contributed by atoms with Crippen molar-refractivity contribution in [2.75, 3.05) is 23.7 Å². The highest BCUT2D eigenvalue weighted by Gasteiger charge is 2.21. The summed E-state index contributed by atoms with van der Waals surface area (Å²) in [6.07, 6.45) is 0. The zero-order chi connectivity index (χ0) is 11.5. The van der Waals surface area contributed by atoms with Crippen LogP contribution in [0.4, 0.5) is 10.1 Å². The van der Waals surface area contributed by atoms with Crippen LogP contribution in [-0.4, -0.2) is 24.1 Å². The van der Waals surface area contributed by atoms with Crippen molar-refractivity contribution in [1.29, 1.82) is 0 Å². The summed E-state index contributed by atoms with van der Waals surface area (Å²) in [6.45, 7) is 3.98. The molecule has 1 aliphatic rings. The Bertz CT molecular complexity index is 372. The molecule has 1 aromatic carbocycles. The minimum Gasteiger partial charge on any atom is -0.367 e. The van der Waals surface area contributed by atoms with E-state index in [0.717, 1.165) is 24.4 Å². The molecule has 1 saturated heterocycles. The van der Waals surface area contributed by atoms with Gasteiger partial charge < -0.3 is 4.90 Å².